The molecule has 0 aromatic rings. The number of carbonyl (C=O) groups excluding carboxylic acids is 1. The number of esters is 1. The predicted octanol–water partition coefficient (Wildman–Crippen LogP) is 2.00. The van der Waals surface area contributed by atoms with E-state index >= 15 is 0 Å². The highest BCUT2D eigenvalue weighted by molar-refractivity contribution is 5.82. The zero-order valence-electron chi connectivity index (χ0n) is 9.90. The molecule has 0 fully saturated rings. The number of ether oxygens (including phenoxy) is 1. The largest absolute Gasteiger partial charge is 0.463 e. The van der Waals surface area contributed by atoms with Gasteiger partial charge in [-0.05, 0) is 20.0 Å². The molecule has 0 saturated heterocycles. The minimum absolute atomic E-state index is 0.287. The number of hydrogen-bond acceptors (Lipinski definition) is 3. The van der Waals surface area contributed by atoms with E-state index in [4.69, 9.17) is 4.74 Å². The lowest BCUT2D eigenvalue weighted by atomic mass is 10.4. The van der Waals surface area contributed by atoms with Crippen LogP contribution in [0.3, 0.4) is 0 Å². The Balaban J connectivity index is 3.74. The molecule has 0 spiro atoms. The maximum Gasteiger partial charge on any atom is 0.330 e. The van der Waals surface area contributed by atoms with Gasteiger partial charge in [-0.2, -0.15) is 0 Å². The van der Waals surface area contributed by atoms with Gasteiger partial charge < -0.3 is 9.64 Å². The fourth-order valence-corrected chi connectivity index (χ4v) is 1.09. The number of carbonyl (C=O) groups is 1. The molecule has 0 saturated carbocycles. The van der Waals surface area contributed by atoms with Crippen molar-refractivity contribution in [3.05, 3.63) is 24.3 Å². The fourth-order valence-electron chi connectivity index (χ4n) is 1.09. The summed E-state index contributed by atoms with van der Waals surface area (Å²) in [4.78, 5) is 13.2. The molecule has 0 amide bonds. The third kappa shape index (κ3) is 7.94. The van der Waals surface area contributed by atoms with E-state index in [0.717, 1.165) is 19.6 Å². The van der Waals surface area contributed by atoms with Gasteiger partial charge in [-0.1, -0.05) is 32.1 Å². The Morgan fingerprint density at radius 3 is 2.40 bits per heavy atom. The van der Waals surface area contributed by atoms with Crippen LogP contribution in [0, 0.1) is 0 Å². The second-order valence-corrected chi connectivity index (χ2v) is 3.03. The highest BCUT2D eigenvalue weighted by Crippen LogP contribution is 1.88. The first-order valence-corrected chi connectivity index (χ1v) is 5.46. The van der Waals surface area contributed by atoms with Crippen molar-refractivity contribution < 1.29 is 9.53 Å². The van der Waals surface area contributed by atoms with E-state index in [0.29, 0.717) is 6.61 Å². The second kappa shape index (κ2) is 9.46. The normalized spacial score (nSPS) is 11.7. The molecule has 0 aliphatic heterocycles. The van der Waals surface area contributed by atoms with Gasteiger partial charge in [-0.15, -0.1) is 0 Å². The molecule has 0 unspecified atom stereocenters. The summed E-state index contributed by atoms with van der Waals surface area (Å²) in [5.41, 5.74) is 0. The van der Waals surface area contributed by atoms with Crippen LogP contribution in [0.2, 0.25) is 0 Å². The summed E-state index contributed by atoms with van der Waals surface area (Å²) in [7, 11) is 0. The van der Waals surface area contributed by atoms with Crippen LogP contribution in [-0.2, 0) is 9.53 Å². The monoisotopic (exact) mass is 211 g/mol. The van der Waals surface area contributed by atoms with Gasteiger partial charge >= 0.3 is 5.97 Å². The van der Waals surface area contributed by atoms with Gasteiger partial charge in [-0.3, -0.25) is 0 Å². The van der Waals surface area contributed by atoms with Crippen molar-refractivity contribution in [3.63, 3.8) is 0 Å². The molecule has 0 aliphatic rings. The standard InChI is InChI=1S/C12H21NO2/c1-4-13(5-2)11-9-7-8-10-12(14)15-6-3/h7-10H,4-6,11H2,1-3H3/b9-7+,10-8+. The molecule has 15 heavy (non-hydrogen) atoms. The lowest BCUT2D eigenvalue weighted by Crippen LogP contribution is -2.22. The molecular formula is C12H21NO2. The molecule has 3 nitrogen and oxygen atoms in total. The number of allylic oxidation sites excluding steroid dienone is 2. The number of hydrogen-bond donors (Lipinski definition) is 0. The first-order chi connectivity index (χ1) is 7.24. The Morgan fingerprint density at radius 2 is 1.87 bits per heavy atom. The molecular weight excluding hydrogens is 190 g/mol. The van der Waals surface area contributed by atoms with Gasteiger partial charge in [0.1, 0.15) is 0 Å². The summed E-state index contributed by atoms with van der Waals surface area (Å²) in [5.74, 6) is -0.287. The summed E-state index contributed by atoms with van der Waals surface area (Å²) < 4.78 is 4.74. The van der Waals surface area contributed by atoms with Crippen LogP contribution in [0.5, 0.6) is 0 Å². The third-order valence-electron chi connectivity index (χ3n) is 2.02. The Kier molecular flexibility index (Phi) is 8.78. The SMILES string of the molecule is CCOC(=O)/C=C/C=C/CN(CC)CC. The van der Waals surface area contributed by atoms with Gasteiger partial charge in [0.15, 0.2) is 0 Å². The van der Waals surface area contributed by atoms with Crippen molar-refractivity contribution in [3.8, 4) is 0 Å². The fraction of sp³-hybridized carbons (Fsp3) is 0.583. The van der Waals surface area contributed by atoms with Crippen molar-refractivity contribution >= 4 is 5.97 Å². The summed E-state index contributed by atoms with van der Waals surface area (Å²) in [5, 5.41) is 0. The molecule has 0 aromatic carbocycles. The molecule has 0 radical (unpaired) electrons. The molecule has 0 N–H and O–H groups in total. The van der Waals surface area contributed by atoms with Gasteiger partial charge in [0, 0.05) is 12.6 Å². The van der Waals surface area contributed by atoms with Gasteiger partial charge in [0.2, 0.25) is 0 Å². The Hall–Kier alpha value is -1.09. The van der Waals surface area contributed by atoms with Crippen molar-refractivity contribution in [1.82, 2.24) is 4.90 Å². The molecule has 3 heteroatoms. The average Bonchev–Trinajstić information content (AvgIpc) is 2.24. The molecule has 0 bridgehead atoms. The third-order valence-corrected chi connectivity index (χ3v) is 2.02. The smallest absolute Gasteiger partial charge is 0.330 e. The first kappa shape index (κ1) is 13.9. The van der Waals surface area contributed by atoms with E-state index in [1.54, 1.807) is 13.0 Å². The van der Waals surface area contributed by atoms with E-state index in [1.807, 2.05) is 12.2 Å². The molecule has 0 atom stereocenters. The number of nitrogens with zero attached hydrogens (tertiary/aromatic N) is 1. The van der Waals surface area contributed by atoms with Crippen LogP contribution in [0.25, 0.3) is 0 Å². The zero-order chi connectivity index (χ0) is 11.5. The van der Waals surface area contributed by atoms with E-state index in [-0.39, 0.29) is 5.97 Å². The number of likely N-dealkylation sites (N-methyl/N-ethyl adjacent to an activating group) is 1. The van der Waals surface area contributed by atoms with E-state index in [2.05, 4.69) is 18.7 Å². The maximum atomic E-state index is 10.9. The zero-order valence-corrected chi connectivity index (χ0v) is 9.90. The molecule has 0 aliphatic carbocycles. The minimum Gasteiger partial charge on any atom is -0.463 e. The van der Waals surface area contributed by atoms with Gasteiger partial charge in [0.25, 0.3) is 0 Å². The van der Waals surface area contributed by atoms with Crippen LogP contribution in [0.1, 0.15) is 20.8 Å². The van der Waals surface area contributed by atoms with Crippen molar-refractivity contribution in [2.24, 2.45) is 0 Å². The molecule has 0 heterocycles. The molecule has 0 aromatic heterocycles. The van der Waals surface area contributed by atoms with E-state index in [1.165, 1.54) is 6.08 Å². The van der Waals surface area contributed by atoms with Crippen molar-refractivity contribution in [2.75, 3.05) is 26.2 Å². The summed E-state index contributed by atoms with van der Waals surface area (Å²) >= 11 is 0. The van der Waals surface area contributed by atoms with E-state index in [9.17, 15) is 4.79 Å². The van der Waals surface area contributed by atoms with Crippen LogP contribution >= 0.6 is 0 Å². The Labute approximate surface area is 92.4 Å². The van der Waals surface area contributed by atoms with Crippen molar-refractivity contribution in [2.45, 2.75) is 20.8 Å². The Bertz CT molecular complexity index is 218. The van der Waals surface area contributed by atoms with Crippen LogP contribution in [-0.4, -0.2) is 37.1 Å². The van der Waals surface area contributed by atoms with Crippen LogP contribution in [0.15, 0.2) is 24.3 Å². The summed E-state index contributed by atoms with van der Waals surface area (Å²) in [6.45, 7) is 9.48. The first-order valence-electron chi connectivity index (χ1n) is 5.46. The Morgan fingerprint density at radius 1 is 1.20 bits per heavy atom. The lowest BCUT2D eigenvalue weighted by molar-refractivity contribution is -0.137. The van der Waals surface area contributed by atoms with Crippen LogP contribution in [0.4, 0.5) is 0 Å². The van der Waals surface area contributed by atoms with Crippen LogP contribution < -0.4 is 0 Å². The van der Waals surface area contributed by atoms with Gasteiger partial charge in [0.05, 0.1) is 6.61 Å². The maximum absolute atomic E-state index is 10.9. The lowest BCUT2D eigenvalue weighted by Gasteiger charge is -2.14. The van der Waals surface area contributed by atoms with Gasteiger partial charge in [-0.25, -0.2) is 4.79 Å². The quantitative estimate of drug-likeness (QED) is 0.366. The highest BCUT2D eigenvalue weighted by Gasteiger charge is 1.93. The van der Waals surface area contributed by atoms with E-state index < -0.39 is 0 Å². The predicted molar refractivity (Wildman–Crippen MR) is 62.7 cm³/mol. The average molecular weight is 211 g/mol. The summed E-state index contributed by atoms with van der Waals surface area (Å²) in [6, 6.07) is 0. The topological polar surface area (TPSA) is 29.5 Å². The van der Waals surface area contributed by atoms with Crippen molar-refractivity contribution in [1.29, 1.82) is 0 Å². The minimum atomic E-state index is -0.287. The second-order valence-electron chi connectivity index (χ2n) is 3.03. The molecule has 0 rings (SSSR count). The molecule has 86 valence electrons. The highest BCUT2D eigenvalue weighted by atomic mass is 16.5. The summed E-state index contributed by atoms with van der Waals surface area (Å²) in [6.07, 6.45) is 7.04. The number of rotatable bonds is 7.